The fraction of sp³-hybridized carbons (Fsp3) is 0.409. The zero-order valence-electron chi connectivity index (χ0n) is 17.2. The molecule has 0 saturated carbocycles. The highest BCUT2D eigenvalue weighted by Crippen LogP contribution is 2.34. The Morgan fingerprint density at radius 3 is 2.52 bits per heavy atom. The van der Waals surface area contributed by atoms with Crippen LogP contribution in [0.2, 0.25) is 0 Å². The van der Waals surface area contributed by atoms with Gasteiger partial charge in [0.1, 0.15) is 12.4 Å². The number of rotatable bonds is 5. The van der Waals surface area contributed by atoms with Gasteiger partial charge in [-0.15, -0.1) is 11.3 Å². The molecule has 1 aliphatic heterocycles. The highest BCUT2D eigenvalue weighted by molar-refractivity contribution is 7.12. The fourth-order valence-electron chi connectivity index (χ4n) is 3.23. The van der Waals surface area contributed by atoms with Crippen LogP contribution >= 0.6 is 11.3 Å². The number of amides is 2. The van der Waals surface area contributed by atoms with Crippen LogP contribution in [0.4, 0.5) is 4.39 Å². The van der Waals surface area contributed by atoms with Gasteiger partial charge in [-0.2, -0.15) is 5.10 Å². The van der Waals surface area contributed by atoms with Crippen molar-refractivity contribution in [2.24, 2.45) is 10.5 Å². The largest absolute Gasteiger partial charge is 0.336 e. The van der Waals surface area contributed by atoms with Crippen molar-refractivity contribution in [3.05, 3.63) is 58.0 Å². The number of hydrogen-bond acceptors (Lipinski definition) is 4. The lowest BCUT2D eigenvalue weighted by Gasteiger charge is -2.26. The van der Waals surface area contributed by atoms with Gasteiger partial charge >= 0.3 is 0 Å². The van der Waals surface area contributed by atoms with Crippen LogP contribution < -0.4 is 0 Å². The molecular formula is C22H26FN3O2S. The van der Waals surface area contributed by atoms with Crippen molar-refractivity contribution < 1.29 is 14.0 Å². The molecule has 5 nitrogen and oxygen atoms in total. The molecule has 29 heavy (non-hydrogen) atoms. The van der Waals surface area contributed by atoms with E-state index in [1.807, 2.05) is 38.3 Å². The molecule has 2 amide bonds. The molecule has 1 aliphatic rings. The molecule has 2 heterocycles. The Balaban J connectivity index is 1.80. The maximum absolute atomic E-state index is 13.4. The molecule has 7 heteroatoms. The average Bonchev–Trinajstić information content (AvgIpc) is 3.30. The Hall–Kier alpha value is -2.54. The van der Waals surface area contributed by atoms with Crippen molar-refractivity contribution in [2.75, 3.05) is 13.6 Å². The topological polar surface area (TPSA) is 53.0 Å². The first kappa shape index (κ1) is 21.2. The number of halogens is 1. The number of benzene rings is 1. The lowest BCUT2D eigenvalue weighted by Crippen LogP contribution is -2.40. The number of carbonyl (C=O) groups is 2. The van der Waals surface area contributed by atoms with E-state index < -0.39 is 0 Å². The molecule has 0 radical (unpaired) electrons. The van der Waals surface area contributed by atoms with Gasteiger partial charge in [-0.1, -0.05) is 39.0 Å². The quantitative estimate of drug-likeness (QED) is 0.724. The van der Waals surface area contributed by atoms with Crippen molar-refractivity contribution >= 4 is 28.9 Å². The number of hydrazone groups is 1. The standard InChI is InChI=1S/C22H26FN3O2S/c1-22(2,3)13-20(27)25(4)14-21(28)26-18(15-7-9-16(23)10-8-15)12-17(24-26)19-6-5-11-29-19/h5-11,18H,12-14H2,1-4H3. The molecule has 0 bridgehead atoms. The number of likely N-dealkylation sites (N-methyl/N-ethyl adjacent to an activating group) is 1. The molecule has 154 valence electrons. The molecule has 0 spiro atoms. The molecule has 2 aromatic rings. The lowest BCUT2D eigenvalue weighted by atomic mass is 9.92. The summed E-state index contributed by atoms with van der Waals surface area (Å²) in [5, 5.41) is 7.99. The van der Waals surface area contributed by atoms with E-state index >= 15 is 0 Å². The summed E-state index contributed by atoms with van der Waals surface area (Å²) in [4.78, 5) is 27.9. The van der Waals surface area contributed by atoms with Gasteiger partial charge in [0.2, 0.25) is 5.91 Å². The van der Waals surface area contributed by atoms with Gasteiger partial charge in [-0.25, -0.2) is 9.40 Å². The third-order valence-corrected chi connectivity index (χ3v) is 5.62. The minimum Gasteiger partial charge on any atom is -0.336 e. The highest BCUT2D eigenvalue weighted by atomic mass is 32.1. The molecule has 0 saturated heterocycles. The van der Waals surface area contributed by atoms with E-state index in [1.54, 1.807) is 30.5 Å². The second-order valence-corrected chi connectivity index (χ2v) is 9.47. The highest BCUT2D eigenvalue weighted by Gasteiger charge is 2.34. The van der Waals surface area contributed by atoms with Gasteiger partial charge in [-0.3, -0.25) is 9.59 Å². The predicted octanol–water partition coefficient (Wildman–Crippen LogP) is 4.46. The normalized spacial score (nSPS) is 16.7. The number of nitrogens with zero attached hydrogens (tertiary/aromatic N) is 3. The number of carbonyl (C=O) groups excluding carboxylic acids is 2. The number of thiophene rings is 1. The summed E-state index contributed by atoms with van der Waals surface area (Å²) in [5.74, 6) is -0.655. The van der Waals surface area contributed by atoms with Crippen LogP contribution in [-0.2, 0) is 9.59 Å². The summed E-state index contributed by atoms with van der Waals surface area (Å²) in [6.45, 7) is 5.92. The Kier molecular flexibility index (Phi) is 6.17. The molecule has 0 aliphatic carbocycles. The molecule has 1 aromatic heterocycles. The first-order chi connectivity index (χ1) is 13.6. The SMILES string of the molecule is CN(CC(=O)N1N=C(c2cccs2)CC1c1ccc(F)cc1)C(=O)CC(C)(C)C. The average molecular weight is 416 g/mol. The van der Waals surface area contributed by atoms with E-state index in [9.17, 15) is 14.0 Å². The van der Waals surface area contributed by atoms with Crippen molar-refractivity contribution in [3.63, 3.8) is 0 Å². The van der Waals surface area contributed by atoms with Crippen LogP contribution in [0.25, 0.3) is 0 Å². The second kappa shape index (κ2) is 8.45. The maximum Gasteiger partial charge on any atom is 0.262 e. The summed E-state index contributed by atoms with van der Waals surface area (Å²) >= 11 is 1.57. The second-order valence-electron chi connectivity index (χ2n) is 8.52. The van der Waals surface area contributed by atoms with E-state index in [2.05, 4.69) is 5.10 Å². The van der Waals surface area contributed by atoms with Crippen LogP contribution in [0, 0.1) is 11.2 Å². The van der Waals surface area contributed by atoms with E-state index in [0.717, 1.165) is 16.2 Å². The first-order valence-electron chi connectivity index (χ1n) is 9.57. The van der Waals surface area contributed by atoms with Crippen LogP contribution in [0.5, 0.6) is 0 Å². The van der Waals surface area contributed by atoms with Crippen molar-refractivity contribution in [1.29, 1.82) is 0 Å². The van der Waals surface area contributed by atoms with Gasteiger partial charge in [0.15, 0.2) is 0 Å². The fourth-order valence-corrected chi connectivity index (χ4v) is 3.95. The van der Waals surface area contributed by atoms with E-state index in [1.165, 1.54) is 22.0 Å². The molecule has 1 aromatic carbocycles. The van der Waals surface area contributed by atoms with Crippen molar-refractivity contribution in [1.82, 2.24) is 9.91 Å². The molecule has 0 N–H and O–H groups in total. The van der Waals surface area contributed by atoms with Gasteiger partial charge in [-0.05, 0) is 34.6 Å². The number of hydrogen-bond donors (Lipinski definition) is 0. The molecule has 0 fully saturated rings. The zero-order chi connectivity index (χ0) is 21.2. The van der Waals surface area contributed by atoms with E-state index in [4.69, 9.17) is 0 Å². The zero-order valence-corrected chi connectivity index (χ0v) is 18.0. The lowest BCUT2D eigenvalue weighted by molar-refractivity contribution is -0.141. The van der Waals surface area contributed by atoms with Crippen LogP contribution in [-0.4, -0.2) is 41.0 Å². The molecule has 1 atom stereocenters. The summed E-state index contributed by atoms with van der Waals surface area (Å²) in [7, 11) is 1.64. The monoisotopic (exact) mass is 415 g/mol. The van der Waals surface area contributed by atoms with Crippen molar-refractivity contribution in [2.45, 2.75) is 39.7 Å². The third-order valence-electron chi connectivity index (χ3n) is 4.71. The Bertz CT molecular complexity index is 901. The third kappa shape index (κ3) is 5.29. The van der Waals surface area contributed by atoms with Crippen LogP contribution in [0.15, 0.2) is 46.9 Å². The van der Waals surface area contributed by atoms with E-state index in [-0.39, 0.29) is 35.6 Å². The maximum atomic E-state index is 13.4. The molecule has 1 unspecified atom stereocenters. The smallest absolute Gasteiger partial charge is 0.262 e. The van der Waals surface area contributed by atoms with Gasteiger partial charge in [0, 0.05) is 19.9 Å². The van der Waals surface area contributed by atoms with Crippen molar-refractivity contribution in [3.8, 4) is 0 Å². The molecular weight excluding hydrogens is 389 g/mol. The summed E-state index contributed by atoms with van der Waals surface area (Å²) in [6, 6.07) is 9.74. The summed E-state index contributed by atoms with van der Waals surface area (Å²) < 4.78 is 13.4. The summed E-state index contributed by atoms with van der Waals surface area (Å²) in [5.41, 5.74) is 1.49. The predicted molar refractivity (Wildman–Crippen MR) is 113 cm³/mol. The molecule has 3 rings (SSSR count). The van der Waals surface area contributed by atoms with Gasteiger partial charge in [0.25, 0.3) is 5.91 Å². The van der Waals surface area contributed by atoms with Gasteiger partial charge < -0.3 is 4.90 Å². The first-order valence-corrected chi connectivity index (χ1v) is 10.4. The minimum absolute atomic E-state index is 0.0478. The minimum atomic E-state index is -0.323. The Morgan fingerprint density at radius 1 is 1.24 bits per heavy atom. The Labute approximate surface area is 174 Å². The van der Waals surface area contributed by atoms with Crippen LogP contribution in [0.3, 0.4) is 0 Å². The van der Waals surface area contributed by atoms with E-state index in [0.29, 0.717) is 12.8 Å². The summed E-state index contributed by atoms with van der Waals surface area (Å²) in [6.07, 6.45) is 0.916. The van der Waals surface area contributed by atoms with Gasteiger partial charge in [0.05, 0.1) is 16.6 Å². The van der Waals surface area contributed by atoms with Crippen LogP contribution in [0.1, 0.15) is 50.1 Å². The Morgan fingerprint density at radius 2 is 1.93 bits per heavy atom.